The highest BCUT2D eigenvalue weighted by Gasteiger charge is 2.15. The number of benzene rings is 1. The van der Waals surface area contributed by atoms with Crippen LogP contribution in [0.15, 0.2) is 36.5 Å². The number of amides is 1. The van der Waals surface area contributed by atoms with E-state index in [4.69, 9.17) is 0 Å². The van der Waals surface area contributed by atoms with Gasteiger partial charge in [0.1, 0.15) is 0 Å². The summed E-state index contributed by atoms with van der Waals surface area (Å²) in [5.41, 5.74) is 3.52. The summed E-state index contributed by atoms with van der Waals surface area (Å²) < 4.78 is 1.88. The second kappa shape index (κ2) is 7.22. The lowest BCUT2D eigenvalue weighted by Crippen LogP contribution is -2.34. The summed E-state index contributed by atoms with van der Waals surface area (Å²) >= 11 is 0. The number of carbonyl (C=O) groups is 1. The highest BCUT2D eigenvalue weighted by atomic mass is 16.1. The van der Waals surface area contributed by atoms with Gasteiger partial charge in [-0.25, -0.2) is 0 Å². The molecule has 0 radical (unpaired) electrons. The second-order valence-corrected chi connectivity index (χ2v) is 5.71. The van der Waals surface area contributed by atoms with Crippen molar-refractivity contribution in [2.75, 3.05) is 20.6 Å². The Morgan fingerprint density at radius 3 is 2.73 bits per heavy atom. The number of aromatic nitrogens is 2. The summed E-state index contributed by atoms with van der Waals surface area (Å²) in [4.78, 5) is 13.8. The molecule has 1 amide bonds. The maximum atomic E-state index is 11.6. The first-order valence-electron chi connectivity index (χ1n) is 7.49. The highest BCUT2D eigenvalue weighted by Crippen LogP contribution is 2.24. The highest BCUT2D eigenvalue weighted by molar-refractivity contribution is 5.78. The van der Waals surface area contributed by atoms with Gasteiger partial charge in [0.05, 0.1) is 5.69 Å². The van der Waals surface area contributed by atoms with Crippen LogP contribution in [0.1, 0.15) is 12.5 Å². The van der Waals surface area contributed by atoms with Crippen molar-refractivity contribution in [3.8, 4) is 11.3 Å². The Kier molecular flexibility index (Phi) is 5.33. The summed E-state index contributed by atoms with van der Waals surface area (Å²) in [5, 5.41) is 6.94. The fourth-order valence-electron chi connectivity index (χ4n) is 2.70. The van der Waals surface area contributed by atoms with Crippen LogP contribution in [0.4, 0.5) is 0 Å². The lowest BCUT2D eigenvalue weighted by Gasteiger charge is -2.22. The van der Waals surface area contributed by atoms with Crippen molar-refractivity contribution in [2.45, 2.75) is 13.5 Å². The zero-order valence-corrected chi connectivity index (χ0v) is 13.7. The molecule has 0 saturated carbocycles. The molecule has 0 aliphatic rings. The molecule has 0 fully saturated rings. The standard InChI is InChI=1S/C17H24N4O/c1-13(17(22)18-2)11-20(3)12-14-7-5-6-8-15(14)16-9-10-19-21(16)4/h5-10,13H,11-12H2,1-4H3,(H,18,22)/t13-/m0/s1. The summed E-state index contributed by atoms with van der Waals surface area (Å²) in [6, 6.07) is 10.3. The van der Waals surface area contributed by atoms with E-state index in [0.717, 1.165) is 18.8 Å². The van der Waals surface area contributed by atoms with Gasteiger partial charge in [-0.1, -0.05) is 31.2 Å². The molecule has 1 aromatic heterocycles. The average Bonchev–Trinajstić information content (AvgIpc) is 2.92. The molecule has 2 aromatic rings. The molecule has 1 heterocycles. The molecule has 0 saturated heterocycles. The minimum Gasteiger partial charge on any atom is -0.359 e. The van der Waals surface area contributed by atoms with Crippen LogP contribution in [-0.2, 0) is 18.4 Å². The first kappa shape index (κ1) is 16.2. The number of carbonyl (C=O) groups excluding carboxylic acids is 1. The molecule has 0 spiro atoms. The maximum absolute atomic E-state index is 11.6. The molecule has 2 rings (SSSR count). The van der Waals surface area contributed by atoms with Crippen molar-refractivity contribution >= 4 is 5.91 Å². The van der Waals surface area contributed by atoms with Crippen LogP contribution in [0.5, 0.6) is 0 Å². The van der Waals surface area contributed by atoms with Gasteiger partial charge in [0.15, 0.2) is 0 Å². The van der Waals surface area contributed by atoms with E-state index in [9.17, 15) is 4.79 Å². The summed E-state index contributed by atoms with van der Waals surface area (Å²) in [6.45, 7) is 3.46. The Morgan fingerprint density at radius 1 is 1.36 bits per heavy atom. The Hall–Kier alpha value is -2.14. The summed E-state index contributed by atoms with van der Waals surface area (Å²) in [6.07, 6.45) is 1.81. The molecular weight excluding hydrogens is 276 g/mol. The molecule has 1 atom stereocenters. The number of nitrogens with one attached hydrogen (secondary N) is 1. The van der Waals surface area contributed by atoms with Crippen molar-refractivity contribution in [3.05, 3.63) is 42.1 Å². The number of aryl methyl sites for hydroxylation is 1. The predicted molar refractivity (Wildman–Crippen MR) is 88.2 cm³/mol. The number of hydrogen-bond donors (Lipinski definition) is 1. The first-order chi connectivity index (χ1) is 10.5. The third-order valence-corrected chi connectivity index (χ3v) is 3.83. The Morgan fingerprint density at radius 2 is 2.09 bits per heavy atom. The number of hydrogen-bond acceptors (Lipinski definition) is 3. The van der Waals surface area contributed by atoms with E-state index in [-0.39, 0.29) is 11.8 Å². The summed E-state index contributed by atoms with van der Waals surface area (Å²) in [5.74, 6) is 0.0469. The summed E-state index contributed by atoms with van der Waals surface area (Å²) in [7, 11) is 5.67. The smallest absolute Gasteiger partial charge is 0.223 e. The minimum atomic E-state index is -0.0288. The second-order valence-electron chi connectivity index (χ2n) is 5.71. The Bertz CT molecular complexity index is 635. The van der Waals surface area contributed by atoms with Crippen molar-refractivity contribution in [3.63, 3.8) is 0 Å². The zero-order valence-electron chi connectivity index (χ0n) is 13.7. The van der Waals surface area contributed by atoms with Crippen LogP contribution in [0.25, 0.3) is 11.3 Å². The third-order valence-electron chi connectivity index (χ3n) is 3.83. The lowest BCUT2D eigenvalue weighted by atomic mass is 10.0. The molecule has 0 bridgehead atoms. The minimum absolute atomic E-state index is 0.0288. The van der Waals surface area contributed by atoms with Crippen LogP contribution in [-0.4, -0.2) is 41.2 Å². The van der Waals surface area contributed by atoms with Gasteiger partial charge in [0.25, 0.3) is 0 Å². The van der Waals surface area contributed by atoms with Crippen molar-refractivity contribution in [2.24, 2.45) is 13.0 Å². The normalized spacial score (nSPS) is 12.4. The van der Waals surface area contributed by atoms with Crippen molar-refractivity contribution in [1.82, 2.24) is 20.0 Å². The van der Waals surface area contributed by atoms with Gasteiger partial charge in [0.2, 0.25) is 5.91 Å². The molecule has 5 nitrogen and oxygen atoms in total. The van der Waals surface area contributed by atoms with Crippen molar-refractivity contribution < 1.29 is 4.79 Å². The van der Waals surface area contributed by atoms with E-state index in [2.05, 4.69) is 27.4 Å². The van der Waals surface area contributed by atoms with E-state index >= 15 is 0 Å². The molecular formula is C17H24N4O. The zero-order chi connectivity index (χ0) is 16.1. The van der Waals surface area contributed by atoms with Gasteiger partial charge in [-0.3, -0.25) is 9.48 Å². The molecule has 0 aliphatic carbocycles. The predicted octanol–water partition coefficient (Wildman–Crippen LogP) is 1.90. The van der Waals surface area contributed by atoms with E-state index in [0.29, 0.717) is 0 Å². The quantitative estimate of drug-likeness (QED) is 0.886. The average molecular weight is 300 g/mol. The lowest BCUT2D eigenvalue weighted by molar-refractivity contribution is -0.124. The van der Waals surface area contributed by atoms with E-state index in [1.165, 1.54) is 11.1 Å². The molecule has 118 valence electrons. The molecule has 0 aliphatic heterocycles. The maximum Gasteiger partial charge on any atom is 0.223 e. The number of rotatable bonds is 6. The SMILES string of the molecule is CNC(=O)[C@@H](C)CN(C)Cc1ccccc1-c1ccnn1C. The third kappa shape index (κ3) is 3.74. The topological polar surface area (TPSA) is 50.2 Å². The van der Waals surface area contributed by atoms with E-state index in [1.54, 1.807) is 7.05 Å². The fourth-order valence-corrected chi connectivity index (χ4v) is 2.70. The van der Waals surface area contributed by atoms with Gasteiger partial charge in [-0.05, 0) is 18.7 Å². The van der Waals surface area contributed by atoms with Crippen LogP contribution >= 0.6 is 0 Å². The molecule has 1 aromatic carbocycles. The van der Waals surface area contributed by atoms with Gasteiger partial charge in [-0.2, -0.15) is 5.10 Å². The van der Waals surface area contributed by atoms with E-state index in [1.807, 2.05) is 50.1 Å². The van der Waals surface area contributed by atoms with Gasteiger partial charge >= 0.3 is 0 Å². The Labute approximate surface area is 131 Å². The Balaban J connectivity index is 2.14. The monoisotopic (exact) mass is 300 g/mol. The van der Waals surface area contributed by atoms with Crippen LogP contribution < -0.4 is 5.32 Å². The number of nitrogens with zero attached hydrogens (tertiary/aromatic N) is 3. The van der Waals surface area contributed by atoms with Crippen molar-refractivity contribution in [1.29, 1.82) is 0 Å². The van der Waals surface area contributed by atoms with Gasteiger partial charge in [-0.15, -0.1) is 0 Å². The van der Waals surface area contributed by atoms with Gasteiger partial charge < -0.3 is 10.2 Å². The van der Waals surface area contributed by atoms with E-state index < -0.39 is 0 Å². The fraction of sp³-hybridized carbons (Fsp3) is 0.412. The van der Waals surface area contributed by atoms with Crippen LogP contribution in [0.2, 0.25) is 0 Å². The molecule has 22 heavy (non-hydrogen) atoms. The largest absolute Gasteiger partial charge is 0.359 e. The molecule has 1 N–H and O–H groups in total. The molecule has 0 unspecified atom stereocenters. The molecule has 5 heteroatoms. The van der Waals surface area contributed by atoms with Gasteiger partial charge in [0, 0.05) is 44.9 Å². The van der Waals surface area contributed by atoms with Crippen LogP contribution in [0, 0.1) is 5.92 Å². The first-order valence-corrected chi connectivity index (χ1v) is 7.49. The van der Waals surface area contributed by atoms with Crippen LogP contribution in [0.3, 0.4) is 0 Å².